The number of anilines is 5. The van der Waals surface area contributed by atoms with Crippen LogP contribution < -0.4 is 32.6 Å². The van der Waals surface area contributed by atoms with E-state index in [4.69, 9.17) is 45.6 Å². The fourth-order valence-electron chi connectivity index (χ4n) is 16.0. The Kier molecular flexibility index (Phi) is 45.2. The number of hydrogen-bond acceptors (Lipinski definition) is 37. The van der Waals surface area contributed by atoms with E-state index in [1.165, 1.54) is 42.7 Å². The van der Waals surface area contributed by atoms with Crippen molar-refractivity contribution in [3.8, 4) is 6.01 Å². The van der Waals surface area contributed by atoms with Gasteiger partial charge in [0.25, 0.3) is 0 Å². The van der Waals surface area contributed by atoms with Crippen LogP contribution in [0, 0.1) is 13.8 Å². The number of unbranched alkanes of at least 4 members (excludes halogenated alkanes) is 1. The summed E-state index contributed by atoms with van der Waals surface area (Å²) >= 11 is 1.43. The smallest absolute Gasteiger partial charge is 0.320 e. The molecule has 15 heterocycles. The highest BCUT2D eigenvalue weighted by Gasteiger charge is 2.50. The highest BCUT2D eigenvalue weighted by atomic mass is 32.2. The van der Waals surface area contributed by atoms with Gasteiger partial charge in [0, 0.05) is 19.5 Å². The van der Waals surface area contributed by atoms with Crippen molar-refractivity contribution in [1.82, 2.24) is 97.6 Å². The lowest BCUT2D eigenvalue weighted by molar-refractivity contribution is -0.0353. The molecule has 798 valence electrons. The number of hydrogen-bond donors (Lipinski definition) is 15. The van der Waals surface area contributed by atoms with E-state index in [0.29, 0.717) is 141 Å². The number of nitrogens with two attached hydrogens (primary N) is 3. The maximum absolute atomic E-state index is 10.7. The Labute approximate surface area is 842 Å². The van der Waals surface area contributed by atoms with Gasteiger partial charge in [0.2, 0.25) is 0 Å². The van der Waals surface area contributed by atoms with Gasteiger partial charge < -0.3 is 107 Å². The molecular formula is C95H166N25O16P5S. The molecule has 0 aromatic carbocycles. The van der Waals surface area contributed by atoms with Crippen molar-refractivity contribution >= 4 is 163 Å². The van der Waals surface area contributed by atoms with Crippen LogP contribution in [0.4, 0.5) is 29.1 Å². The molecule has 20 atom stereocenters. The average Bonchev–Trinajstić information content (AvgIpc) is 1.63. The van der Waals surface area contributed by atoms with E-state index < -0.39 is 157 Å². The molecular weight excluding hydrogens is 1930 g/mol. The second-order valence-electron chi connectivity index (χ2n) is 39.2. The topological polar surface area (TPSA) is 578 Å². The van der Waals surface area contributed by atoms with Crippen LogP contribution in [0.1, 0.15) is 178 Å². The average molecular weight is 2100 g/mol. The lowest BCUT2D eigenvalue weighted by atomic mass is 10.1. The predicted molar refractivity (Wildman–Crippen MR) is 591 cm³/mol. The van der Waals surface area contributed by atoms with Crippen LogP contribution in [0.15, 0.2) is 60.1 Å². The van der Waals surface area contributed by atoms with Crippen LogP contribution in [-0.2, 0) is 30.1 Å². The number of nitrogens with one attached hydrogen (secondary N) is 2. The minimum absolute atomic E-state index is 0. The molecule has 10 aromatic rings. The van der Waals surface area contributed by atoms with Crippen molar-refractivity contribution in [2.24, 2.45) is 0 Å². The third-order valence-corrected chi connectivity index (χ3v) is 32.1. The van der Waals surface area contributed by atoms with Gasteiger partial charge in [-0.15, -0.1) is 65.9 Å². The number of aromatic nitrogens is 20. The molecule has 10 aromatic heterocycles. The first-order valence-electron chi connectivity index (χ1n) is 46.1. The number of imidazole rings is 5. The van der Waals surface area contributed by atoms with Gasteiger partial charge in [-0.25, -0.2) is 64.8 Å². The number of nitrogens with zero attached hydrogens (tertiary/aromatic N) is 20. The Morgan fingerprint density at radius 3 is 0.937 bits per heavy atom. The number of nitrogen functional groups attached to an aromatic ring is 3. The quantitative estimate of drug-likeness (QED) is 0.00786. The molecule has 47 heteroatoms. The maximum Gasteiger partial charge on any atom is 0.320 e. The summed E-state index contributed by atoms with van der Waals surface area (Å²) in [5.74, 6) is 3.73. The summed E-state index contributed by atoms with van der Waals surface area (Å²) in [5, 5.41) is 112. The number of aliphatic hydroxyl groups is 10. The fraction of sp³-hybridized carbons (Fsp3) is 0.642. The Balaban J connectivity index is 0.000000270. The monoisotopic (exact) mass is 2100 g/mol. The van der Waals surface area contributed by atoms with Gasteiger partial charge in [-0.2, -0.15) is 9.97 Å². The number of thioether (sulfide) groups is 1. The van der Waals surface area contributed by atoms with Crippen molar-refractivity contribution in [1.29, 1.82) is 0 Å². The standard InChI is InChI=1S/C21H34N5O4P.C21H34N5O3PS.C18H30N5O3P.2C15H24N5O3P.5CH4/c1-7-13(2)8-10-22-18-15-19(25-21(24-18)29-3)26(12-23-15)20-17(28)16(27)14(30-20)9-11-31(4,5)6;1-7-13(2)8-10-22-18-15-19(25-21(24-18)31-6)26(12-23-15)20-17(28)16(27)14(29-20)9-11-30(3,4)5;1-5-6-7-12-21-16(19)13-17(22-12)23(10-20-13)18-15(25)14(24)11(26-18)8-9-27(2,3)4;2*1-8-18-13(16)10-14(19-8)20(7-17-10)15-12(22)11(21)9(23-15)5-6-24(2,3)4;;;;;/h8,12,14,16-17,20,27-28H,4,7,9-11H2,1-3,5-6H3,(H,22,24,25);8,12,14,16-17,20,27-28H,3,7,9-11H2,1-2,4-6H3,(H,22,24,25);10-11,14-15,18,24-25H,2,5-9H2,1,3-4H3,(H2,19,21,22);2*7,9,11-12,15,21-22H,2,5-6H2,1,3-4H3,(H2,16,18,19);5*1H4/b2*13-8-;;;;;;;;/t2*14-,16-,17-,20-;11-,14-,15-,18-;2*9-,11-,12-,15-;;;;;/m11111...../s1. The molecule has 5 aliphatic heterocycles. The molecule has 0 spiro atoms. The molecule has 5 aliphatic rings. The van der Waals surface area contributed by atoms with Gasteiger partial charge in [-0.3, -0.25) is 22.8 Å². The molecule has 0 bridgehead atoms. The first kappa shape index (κ1) is 123. The SMILES string of the molecule is C.C.C.C.C.C=P(C)(C)CC[C@H]1O[C@@H](n2cnc3c(N)nc(C)nc32)[C@H](O)[C@@H]1O.C=P(C)(C)CC[C@H]1O[C@@H](n2cnc3c(N)nc(C)nc32)[C@H](O)[C@@H]1O.C=P(C)(C)CC[C@H]1O[C@@H](n2cnc3c(N)nc(CCCC)nc32)[C@H](O)[C@@H]1O.C=P(C)(C)CC[C@H]1O[C@@H](n2cnc3c(NC/C=C(/C)CC)nc(OC)nc32)[C@H](O)[C@@H]1O.C=P(C)(C)CC[C@H]1O[C@@H](n2cnc3c(NC/C=C(/C)CC)nc(SC)nc32)[C@H](O)[C@@H]1O. The van der Waals surface area contributed by atoms with E-state index in [1.807, 2.05) is 6.26 Å². The van der Waals surface area contributed by atoms with Gasteiger partial charge in [-0.05, 0) is 183 Å². The zero-order chi connectivity index (χ0) is 101. The molecule has 15 rings (SSSR count). The highest BCUT2D eigenvalue weighted by Crippen LogP contribution is 2.47. The van der Waals surface area contributed by atoms with Crippen molar-refractivity contribution in [3.63, 3.8) is 0 Å². The van der Waals surface area contributed by atoms with Crippen molar-refractivity contribution in [2.75, 3.05) is 152 Å². The number of ether oxygens (including phenoxy) is 6. The summed E-state index contributed by atoms with van der Waals surface area (Å²) < 4.78 is 43.5. The highest BCUT2D eigenvalue weighted by molar-refractivity contribution is 7.98. The lowest BCUT2D eigenvalue weighted by Gasteiger charge is -2.18. The molecule has 41 nitrogen and oxygen atoms in total. The van der Waals surface area contributed by atoms with E-state index >= 15 is 0 Å². The zero-order valence-electron chi connectivity index (χ0n) is 82.4. The third kappa shape index (κ3) is 31.0. The number of aliphatic hydroxyl groups excluding tert-OH is 10. The van der Waals surface area contributed by atoms with Gasteiger partial charge in [0.1, 0.15) is 95.1 Å². The van der Waals surface area contributed by atoms with Crippen molar-refractivity contribution < 1.29 is 79.5 Å². The first-order chi connectivity index (χ1) is 64.3. The van der Waals surface area contributed by atoms with Crippen LogP contribution in [-0.4, -0.2) is 396 Å². The van der Waals surface area contributed by atoms with Gasteiger partial charge in [-0.1, -0.05) is 99.4 Å². The van der Waals surface area contributed by atoms with Crippen LogP contribution in [0.5, 0.6) is 6.01 Å². The Bertz CT molecular complexity index is 5820. The molecule has 18 N–H and O–H groups in total. The number of aryl methyl sites for hydroxylation is 3. The normalized spacial score (nSPS) is 25.2. The van der Waals surface area contributed by atoms with Crippen LogP contribution in [0.2, 0.25) is 0 Å². The van der Waals surface area contributed by atoms with E-state index in [0.717, 1.165) is 62.9 Å². The number of rotatable bonds is 33. The molecule has 0 amide bonds. The molecule has 5 fully saturated rings. The summed E-state index contributed by atoms with van der Waals surface area (Å²) in [6.07, 6.45) is 31.0. The van der Waals surface area contributed by atoms with Gasteiger partial charge in [0.05, 0.1) is 69.3 Å². The predicted octanol–water partition coefficient (Wildman–Crippen LogP) is 10.9. The van der Waals surface area contributed by atoms with Crippen LogP contribution in [0.3, 0.4) is 0 Å². The van der Waals surface area contributed by atoms with Crippen molar-refractivity contribution in [2.45, 2.75) is 278 Å². The summed E-state index contributed by atoms with van der Waals surface area (Å²) in [7, 11) is 1.50. The van der Waals surface area contributed by atoms with E-state index in [-0.39, 0.29) is 54.8 Å². The van der Waals surface area contributed by atoms with Crippen LogP contribution >= 0.6 is 46.2 Å². The maximum atomic E-state index is 10.7. The second-order valence-corrected chi connectivity index (χ2v) is 61.6. The van der Waals surface area contributed by atoms with E-state index in [1.54, 1.807) is 55.7 Å². The Hall–Kier alpha value is -7.72. The largest absolute Gasteiger partial charge is 0.467 e. The van der Waals surface area contributed by atoms with E-state index in [9.17, 15) is 51.1 Å². The number of methoxy groups -OCH3 is 1. The molecule has 0 aliphatic carbocycles. The van der Waals surface area contributed by atoms with Crippen LogP contribution in [0.25, 0.3) is 55.8 Å². The van der Waals surface area contributed by atoms with Crippen molar-refractivity contribution in [3.05, 3.63) is 72.4 Å². The number of fused-ring (bicyclic) bond motifs is 5. The summed E-state index contributed by atoms with van der Waals surface area (Å²) in [4.78, 5) is 65.4. The molecule has 0 radical (unpaired) electrons. The summed E-state index contributed by atoms with van der Waals surface area (Å²) in [6.45, 7) is 30.4. The minimum atomic E-state index is -1.26. The molecule has 0 saturated carbocycles. The van der Waals surface area contributed by atoms with Gasteiger partial charge in [0.15, 0.2) is 105 Å². The summed E-state index contributed by atoms with van der Waals surface area (Å²) in [6, 6.07) is 0.182. The minimum Gasteiger partial charge on any atom is -0.467 e. The third-order valence-electron chi connectivity index (χ3n) is 24.2. The fourth-order valence-corrected chi connectivity index (χ4v) is 21.1. The molecule has 142 heavy (non-hydrogen) atoms. The Morgan fingerprint density at radius 2 is 0.662 bits per heavy atom. The Morgan fingerprint density at radius 1 is 0.394 bits per heavy atom. The molecule has 0 unspecified atom stereocenters. The number of allylic oxidation sites excluding steroid dienone is 2. The zero-order valence-corrected chi connectivity index (χ0v) is 87.7. The first-order valence-corrected chi connectivity index (χ1v) is 62.6. The molecule has 5 saturated heterocycles. The lowest BCUT2D eigenvalue weighted by Crippen LogP contribution is -2.31. The second kappa shape index (κ2) is 52.2. The van der Waals surface area contributed by atoms with Gasteiger partial charge >= 0.3 is 6.01 Å². The van der Waals surface area contributed by atoms with E-state index in [2.05, 4.69) is 230 Å². The summed E-state index contributed by atoms with van der Waals surface area (Å²) in [5.41, 5.74) is 25.4.